The quantitative estimate of drug-likeness (QED) is 0.607. The van der Waals surface area contributed by atoms with E-state index in [1.54, 1.807) is 0 Å². The third-order valence-corrected chi connectivity index (χ3v) is 2.35. The van der Waals surface area contributed by atoms with Gasteiger partial charge in [0.25, 0.3) is 0 Å². The summed E-state index contributed by atoms with van der Waals surface area (Å²) >= 11 is 0. The summed E-state index contributed by atoms with van der Waals surface area (Å²) < 4.78 is 5.56. The second kappa shape index (κ2) is 3.32. The molecule has 1 aliphatic heterocycles. The van der Waals surface area contributed by atoms with E-state index in [0.717, 1.165) is 36.8 Å². The molecule has 0 atom stereocenters. The molecule has 0 saturated carbocycles. The standard InChI is InChI=1S/C10H14N2O/c1-7-9-5-3-4-6-13-10(9)12-8(2)11-7/h3-6H2,1-2H3. The molecule has 2 heterocycles. The summed E-state index contributed by atoms with van der Waals surface area (Å²) in [6, 6.07) is 0. The molecule has 2 rings (SSSR count). The van der Waals surface area contributed by atoms with E-state index in [2.05, 4.69) is 9.97 Å². The Morgan fingerprint density at radius 1 is 1.15 bits per heavy atom. The van der Waals surface area contributed by atoms with Gasteiger partial charge in [-0.05, 0) is 33.1 Å². The molecule has 0 aliphatic carbocycles. The summed E-state index contributed by atoms with van der Waals surface area (Å²) in [5.41, 5.74) is 2.27. The maximum absolute atomic E-state index is 5.56. The highest BCUT2D eigenvalue weighted by Crippen LogP contribution is 2.23. The van der Waals surface area contributed by atoms with Gasteiger partial charge in [0.1, 0.15) is 5.82 Å². The first-order valence-electron chi connectivity index (χ1n) is 4.74. The van der Waals surface area contributed by atoms with E-state index >= 15 is 0 Å². The highest BCUT2D eigenvalue weighted by atomic mass is 16.5. The van der Waals surface area contributed by atoms with Crippen LogP contribution in [0.1, 0.15) is 29.9 Å². The Morgan fingerprint density at radius 3 is 2.85 bits per heavy atom. The molecular formula is C10H14N2O. The van der Waals surface area contributed by atoms with Crippen LogP contribution in [0.5, 0.6) is 5.88 Å². The number of fused-ring (bicyclic) bond motifs is 1. The lowest BCUT2D eigenvalue weighted by molar-refractivity contribution is 0.304. The lowest BCUT2D eigenvalue weighted by Gasteiger charge is -2.08. The van der Waals surface area contributed by atoms with Crippen LogP contribution in [0.25, 0.3) is 0 Å². The molecule has 13 heavy (non-hydrogen) atoms. The Bertz CT molecular complexity index is 323. The maximum Gasteiger partial charge on any atom is 0.220 e. The zero-order chi connectivity index (χ0) is 9.26. The molecule has 1 aromatic heterocycles. The third-order valence-electron chi connectivity index (χ3n) is 2.35. The summed E-state index contributed by atoms with van der Waals surface area (Å²) in [7, 11) is 0. The van der Waals surface area contributed by atoms with Crippen LogP contribution in [0, 0.1) is 13.8 Å². The first-order valence-corrected chi connectivity index (χ1v) is 4.74. The van der Waals surface area contributed by atoms with Crippen LogP contribution < -0.4 is 4.74 Å². The average molecular weight is 178 g/mol. The first kappa shape index (κ1) is 8.48. The predicted octanol–water partition coefficient (Wildman–Crippen LogP) is 1.81. The zero-order valence-corrected chi connectivity index (χ0v) is 8.13. The van der Waals surface area contributed by atoms with Gasteiger partial charge in [0, 0.05) is 11.3 Å². The maximum atomic E-state index is 5.56. The Morgan fingerprint density at radius 2 is 2.00 bits per heavy atom. The number of rotatable bonds is 0. The van der Waals surface area contributed by atoms with E-state index in [1.807, 2.05) is 13.8 Å². The van der Waals surface area contributed by atoms with Gasteiger partial charge >= 0.3 is 0 Å². The van der Waals surface area contributed by atoms with Gasteiger partial charge in [0.2, 0.25) is 5.88 Å². The lowest BCUT2D eigenvalue weighted by atomic mass is 10.1. The van der Waals surface area contributed by atoms with Gasteiger partial charge in [-0.2, -0.15) is 4.98 Å². The Labute approximate surface area is 78.2 Å². The van der Waals surface area contributed by atoms with Crippen LogP contribution in [-0.2, 0) is 6.42 Å². The molecule has 0 saturated heterocycles. The average Bonchev–Trinajstić information content (AvgIpc) is 2.28. The Kier molecular flexibility index (Phi) is 2.17. The Balaban J connectivity index is 2.47. The minimum atomic E-state index is 0.795. The monoisotopic (exact) mass is 178 g/mol. The molecule has 0 N–H and O–H groups in total. The number of aromatic nitrogens is 2. The fraction of sp³-hybridized carbons (Fsp3) is 0.600. The van der Waals surface area contributed by atoms with Crippen LogP contribution in [-0.4, -0.2) is 16.6 Å². The van der Waals surface area contributed by atoms with Crippen molar-refractivity contribution in [2.45, 2.75) is 33.1 Å². The van der Waals surface area contributed by atoms with Crippen molar-refractivity contribution in [1.29, 1.82) is 0 Å². The Hall–Kier alpha value is -1.12. The van der Waals surface area contributed by atoms with Crippen molar-refractivity contribution >= 4 is 0 Å². The van der Waals surface area contributed by atoms with Crippen molar-refractivity contribution in [3.8, 4) is 5.88 Å². The van der Waals surface area contributed by atoms with Crippen LogP contribution in [0.15, 0.2) is 0 Å². The van der Waals surface area contributed by atoms with Gasteiger partial charge in [-0.1, -0.05) is 0 Å². The van der Waals surface area contributed by atoms with Crippen LogP contribution in [0.3, 0.4) is 0 Å². The van der Waals surface area contributed by atoms with Gasteiger partial charge < -0.3 is 4.74 Å². The van der Waals surface area contributed by atoms with Crippen LogP contribution in [0.4, 0.5) is 0 Å². The van der Waals surface area contributed by atoms with Crippen molar-refractivity contribution in [1.82, 2.24) is 9.97 Å². The molecule has 0 fully saturated rings. The fourth-order valence-corrected chi connectivity index (χ4v) is 1.68. The van der Waals surface area contributed by atoms with Gasteiger partial charge in [-0.15, -0.1) is 0 Å². The summed E-state index contributed by atoms with van der Waals surface area (Å²) in [5, 5.41) is 0. The normalized spacial score (nSPS) is 15.8. The largest absolute Gasteiger partial charge is 0.477 e. The minimum Gasteiger partial charge on any atom is -0.477 e. The van der Waals surface area contributed by atoms with Crippen molar-refractivity contribution in [3.63, 3.8) is 0 Å². The molecule has 70 valence electrons. The zero-order valence-electron chi connectivity index (χ0n) is 8.13. The molecule has 1 aromatic rings. The van der Waals surface area contributed by atoms with E-state index in [-0.39, 0.29) is 0 Å². The fourth-order valence-electron chi connectivity index (χ4n) is 1.68. The van der Waals surface area contributed by atoms with E-state index in [4.69, 9.17) is 4.74 Å². The predicted molar refractivity (Wildman–Crippen MR) is 49.9 cm³/mol. The van der Waals surface area contributed by atoms with Crippen LogP contribution in [0.2, 0.25) is 0 Å². The smallest absolute Gasteiger partial charge is 0.220 e. The van der Waals surface area contributed by atoms with Gasteiger partial charge in [0.15, 0.2) is 0 Å². The molecule has 0 amide bonds. The number of hydrogen-bond acceptors (Lipinski definition) is 3. The van der Waals surface area contributed by atoms with Crippen molar-refractivity contribution < 1.29 is 4.74 Å². The molecule has 0 aromatic carbocycles. The highest BCUT2D eigenvalue weighted by Gasteiger charge is 2.13. The molecule has 0 spiro atoms. The van der Waals surface area contributed by atoms with Crippen molar-refractivity contribution in [2.75, 3.05) is 6.61 Å². The van der Waals surface area contributed by atoms with E-state index < -0.39 is 0 Å². The molecule has 0 bridgehead atoms. The lowest BCUT2D eigenvalue weighted by Crippen LogP contribution is -2.02. The molecule has 0 radical (unpaired) electrons. The summed E-state index contributed by atoms with van der Waals surface area (Å²) in [5.74, 6) is 1.61. The first-order chi connectivity index (χ1) is 6.27. The summed E-state index contributed by atoms with van der Waals surface area (Å²) in [6.07, 6.45) is 3.36. The number of ether oxygens (including phenoxy) is 1. The summed E-state index contributed by atoms with van der Waals surface area (Å²) in [4.78, 5) is 8.64. The van der Waals surface area contributed by atoms with Gasteiger partial charge in [-0.25, -0.2) is 4.98 Å². The second-order valence-electron chi connectivity index (χ2n) is 3.45. The van der Waals surface area contributed by atoms with Crippen LogP contribution >= 0.6 is 0 Å². The van der Waals surface area contributed by atoms with E-state index in [0.29, 0.717) is 0 Å². The van der Waals surface area contributed by atoms with E-state index in [1.165, 1.54) is 12.0 Å². The third kappa shape index (κ3) is 1.64. The summed E-state index contributed by atoms with van der Waals surface area (Å²) in [6.45, 7) is 4.73. The number of nitrogens with zero attached hydrogens (tertiary/aromatic N) is 2. The van der Waals surface area contributed by atoms with Crippen molar-refractivity contribution in [2.24, 2.45) is 0 Å². The second-order valence-corrected chi connectivity index (χ2v) is 3.45. The SMILES string of the molecule is Cc1nc(C)c2c(n1)OCCCC2. The molecular weight excluding hydrogens is 164 g/mol. The number of aryl methyl sites for hydroxylation is 2. The van der Waals surface area contributed by atoms with Gasteiger partial charge in [-0.3, -0.25) is 0 Å². The van der Waals surface area contributed by atoms with Gasteiger partial charge in [0.05, 0.1) is 6.61 Å². The molecule has 3 nitrogen and oxygen atoms in total. The van der Waals surface area contributed by atoms with Crippen molar-refractivity contribution in [3.05, 3.63) is 17.1 Å². The topological polar surface area (TPSA) is 35.0 Å². The number of hydrogen-bond donors (Lipinski definition) is 0. The molecule has 1 aliphatic rings. The highest BCUT2D eigenvalue weighted by molar-refractivity contribution is 5.31. The van der Waals surface area contributed by atoms with E-state index in [9.17, 15) is 0 Å². The molecule has 3 heteroatoms. The minimum absolute atomic E-state index is 0.795. The molecule has 0 unspecified atom stereocenters.